The number of carbonyl (C=O) groups is 1. The van der Waals surface area contributed by atoms with Crippen LogP contribution in [0.2, 0.25) is 0 Å². The zero-order chi connectivity index (χ0) is 14.1. The molecule has 3 saturated carbocycles. The summed E-state index contributed by atoms with van der Waals surface area (Å²) in [5, 5.41) is 2.79. The van der Waals surface area contributed by atoms with Crippen molar-refractivity contribution in [3.05, 3.63) is 0 Å². The van der Waals surface area contributed by atoms with Crippen LogP contribution in [-0.2, 0) is 14.6 Å². The van der Waals surface area contributed by atoms with Gasteiger partial charge in [-0.15, -0.1) is 0 Å². The van der Waals surface area contributed by atoms with E-state index in [4.69, 9.17) is 0 Å². The van der Waals surface area contributed by atoms with Crippen LogP contribution >= 0.6 is 0 Å². The van der Waals surface area contributed by atoms with E-state index in [1.165, 1.54) is 0 Å². The van der Waals surface area contributed by atoms with Gasteiger partial charge >= 0.3 is 0 Å². The summed E-state index contributed by atoms with van der Waals surface area (Å²) in [6, 6.07) is 0. The molecule has 0 heterocycles. The normalized spacial score (nSPS) is 34.2. The van der Waals surface area contributed by atoms with Gasteiger partial charge in [-0.05, 0) is 50.4 Å². The predicted molar refractivity (Wildman–Crippen MR) is 75.6 cm³/mol. The van der Waals surface area contributed by atoms with Crippen molar-refractivity contribution in [3.8, 4) is 0 Å². The van der Waals surface area contributed by atoms with Gasteiger partial charge in [-0.3, -0.25) is 4.79 Å². The third kappa shape index (κ3) is 2.81. The highest BCUT2D eigenvalue weighted by Crippen LogP contribution is 2.58. The summed E-state index contributed by atoms with van der Waals surface area (Å²) >= 11 is 0. The molecule has 0 radical (unpaired) electrons. The minimum atomic E-state index is -2.87. The third-order valence-electron chi connectivity index (χ3n) is 5.49. The number of rotatable bonds is 5. The number of fused-ring (bicyclic) bond motifs is 3. The molecular formula is C14H25NO3S. The standard InChI is InChI=1S/C14H25NO3S/c1-3-19(17,18)11-10-13-4-7-14(8-5-13,9-6-13)12(16)15-2/h3-11H2,1-2H3,(H,15,16). The first-order valence-electron chi connectivity index (χ1n) is 7.30. The first-order valence-corrected chi connectivity index (χ1v) is 9.12. The molecule has 0 saturated heterocycles. The second kappa shape index (κ2) is 5.08. The Morgan fingerprint density at radius 2 is 1.63 bits per heavy atom. The number of sulfone groups is 1. The topological polar surface area (TPSA) is 63.2 Å². The van der Waals surface area contributed by atoms with Gasteiger partial charge in [0.15, 0.2) is 0 Å². The Morgan fingerprint density at radius 3 is 2.05 bits per heavy atom. The maximum absolute atomic E-state index is 12.0. The fourth-order valence-electron chi connectivity index (χ4n) is 3.76. The molecule has 5 heteroatoms. The smallest absolute Gasteiger partial charge is 0.225 e. The molecular weight excluding hydrogens is 262 g/mol. The Labute approximate surface area is 116 Å². The van der Waals surface area contributed by atoms with E-state index >= 15 is 0 Å². The van der Waals surface area contributed by atoms with E-state index in [0.29, 0.717) is 5.75 Å². The maximum Gasteiger partial charge on any atom is 0.225 e. The van der Waals surface area contributed by atoms with Crippen LogP contribution in [0.25, 0.3) is 0 Å². The van der Waals surface area contributed by atoms with Gasteiger partial charge in [0.25, 0.3) is 0 Å². The number of hydrogen-bond acceptors (Lipinski definition) is 3. The Bertz CT molecular complexity index is 431. The van der Waals surface area contributed by atoms with Crippen molar-refractivity contribution in [2.45, 2.75) is 51.9 Å². The van der Waals surface area contributed by atoms with E-state index in [9.17, 15) is 13.2 Å². The summed E-state index contributed by atoms with van der Waals surface area (Å²) in [7, 11) is -1.16. The molecule has 0 spiro atoms. The van der Waals surface area contributed by atoms with Crippen molar-refractivity contribution in [3.63, 3.8) is 0 Å². The number of nitrogens with one attached hydrogen (secondary N) is 1. The first kappa shape index (κ1) is 14.8. The van der Waals surface area contributed by atoms with Crippen molar-refractivity contribution in [1.29, 1.82) is 0 Å². The van der Waals surface area contributed by atoms with E-state index in [0.717, 1.165) is 44.9 Å². The Hall–Kier alpha value is -0.580. The third-order valence-corrected chi connectivity index (χ3v) is 7.20. The van der Waals surface area contributed by atoms with Gasteiger partial charge in [0.1, 0.15) is 9.84 Å². The molecule has 4 nitrogen and oxygen atoms in total. The quantitative estimate of drug-likeness (QED) is 0.840. The van der Waals surface area contributed by atoms with Gasteiger partial charge in [0, 0.05) is 18.2 Å². The molecule has 0 aliphatic heterocycles. The summed E-state index contributed by atoms with van der Waals surface area (Å²) < 4.78 is 23.3. The highest BCUT2D eigenvalue weighted by atomic mass is 32.2. The van der Waals surface area contributed by atoms with Crippen LogP contribution in [0.1, 0.15) is 51.9 Å². The van der Waals surface area contributed by atoms with Crippen molar-refractivity contribution >= 4 is 15.7 Å². The zero-order valence-corrected chi connectivity index (χ0v) is 12.8. The second-order valence-corrected chi connectivity index (χ2v) is 8.82. The van der Waals surface area contributed by atoms with E-state index in [1.54, 1.807) is 14.0 Å². The lowest BCUT2D eigenvalue weighted by molar-refractivity contribution is -0.140. The predicted octanol–water partition coefficient (Wildman–Crippen LogP) is 1.90. The van der Waals surface area contributed by atoms with Gasteiger partial charge in [-0.1, -0.05) is 6.92 Å². The van der Waals surface area contributed by atoms with E-state index in [-0.39, 0.29) is 22.5 Å². The SMILES string of the molecule is CCS(=O)(=O)CCC12CCC(C(=O)NC)(CC1)CC2. The molecule has 0 unspecified atom stereocenters. The first-order chi connectivity index (χ1) is 8.87. The minimum Gasteiger partial charge on any atom is -0.359 e. The summed E-state index contributed by atoms with van der Waals surface area (Å²) in [6.45, 7) is 1.71. The van der Waals surface area contributed by atoms with Crippen LogP contribution in [0.3, 0.4) is 0 Å². The van der Waals surface area contributed by atoms with Crippen molar-refractivity contribution in [1.82, 2.24) is 5.32 Å². The molecule has 0 aromatic carbocycles. The van der Waals surface area contributed by atoms with Crippen LogP contribution in [0.5, 0.6) is 0 Å². The van der Waals surface area contributed by atoms with E-state index in [2.05, 4.69) is 5.32 Å². The second-order valence-electron chi connectivity index (χ2n) is 6.35. The van der Waals surface area contributed by atoms with Crippen molar-refractivity contribution in [2.24, 2.45) is 10.8 Å². The molecule has 3 rings (SSSR count). The average Bonchev–Trinajstić information content (AvgIpc) is 2.46. The fraction of sp³-hybridized carbons (Fsp3) is 0.929. The Morgan fingerprint density at radius 1 is 1.11 bits per heavy atom. The largest absolute Gasteiger partial charge is 0.359 e. The molecule has 0 atom stereocenters. The van der Waals surface area contributed by atoms with Gasteiger partial charge in [-0.25, -0.2) is 8.42 Å². The lowest BCUT2D eigenvalue weighted by atomic mass is 9.52. The Balaban J connectivity index is 1.99. The van der Waals surface area contributed by atoms with Gasteiger partial charge in [0.2, 0.25) is 5.91 Å². The monoisotopic (exact) mass is 287 g/mol. The molecule has 3 aliphatic carbocycles. The molecule has 19 heavy (non-hydrogen) atoms. The van der Waals surface area contributed by atoms with Crippen LogP contribution in [0.4, 0.5) is 0 Å². The van der Waals surface area contributed by atoms with Crippen LogP contribution in [-0.4, -0.2) is 32.9 Å². The van der Waals surface area contributed by atoms with Gasteiger partial charge in [-0.2, -0.15) is 0 Å². The van der Waals surface area contributed by atoms with Crippen LogP contribution < -0.4 is 5.32 Å². The number of carbonyl (C=O) groups excluding carboxylic acids is 1. The lowest BCUT2D eigenvalue weighted by Crippen LogP contribution is -2.49. The molecule has 1 amide bonds. The average molecular weight is 287 g/mol. The molecule has 3 fully saturated rings. The molecule has 0 aromatic heterocycles. The lowest BCUT2D eigenvalue weighted by Gasteiger charge is -2.52. The number of hydrogen-bond donors (Lipinski definition) is 1. The highest BCUT2D eigenvalue weighted by Gasteiger charge is 2.51. The van der Waals surface area contributed by atoms with Gasteiger partial charge < -0.3 is 5.32 Å². The molecule has 0 aromatic rings. The molecule has 2 bridgehead atoms. The fourth-order valence-corrected chi connectivity index (χ4v) is 4.79. The molecule has 1 N–H and O–H groups in total. The molecule has 3 aliphatic rings. The summed E-state index contributed by atoms with van der Waals surface area (Å²) in [4.78, 5) is 12.0. The van der Waals surface area contributed by atoms with Gasteiger partial charge in [0.05, 0.1) is 5.75 Å². The number of amides is 1. The Kier molecular flexibility index (Phi) is 3.96. The summed E-state index contributed by atoms with van der Waals surface area (Å²) in [5.41, 5.74) is 0.0398. The van der Waals surface area contributed by atoms with Crippen LogP contribution in [0, 0.1) is 10.8 Å². The maximum atomic E-state index is 12.0. The van der Waals surface area contributed by atoms with Crippen molar-refractivity contribution in [2.75, 3.05) is 18.6 Å². The minimum absolute atomic E-state index is 0.153. The highest BCUT2D eigenvalue weighted by molar-refractivity contribution is 7.91. The summed E-state index contributed by atoms with van der Waals surface area (Å²) in [5.74, 6) is 0.740. The van der Waals surface area contributed by atoms with E-state index in [1.807, 2.05) is 0 Å². The molecule has 110 valence electrons. The summed E-state index contributed by atoms with van der Waals surface area (Å²) in [6.07, 6.45) is 6.61. The van der Waals surface area contributed by atoms with Crippen LogP contribution in [0.15, 0.2) is 0 Å². The van der Waals surface area contributed by atoms with Crippen molar-refractivity contribution < 1.29 is 13.2 Å². The zero-order valence-electron chi connectivity index (χ0n) is 12.0. The van der Waals surface area contributed by atoms with E-state index < -0.39 is 9.84 Å².